The summed E-state index contributed by atoms with van der Waals surface area (Å²) < 4.78 is 0. The van der Waals surface area contributed by atoms with Crippen LogP contribution in [0.15, 0.2) is 23.3 Å². The zero-order valence-corrected chi connectivity index (χ0v) is 9.44. The van der Waals surface area contributed by atoms with Gasteiger partial charge in [0.15, 0.2) is 11.6 Å². The standard InChI is InChI=1S/C12H14N4O/c17-10-7-9(8-3-1-2-4-8)15-12(16-10)11-13-5-6-14-11/h5-8H,1-4H2,(H,13,14)(H,15,16,17). The number of rotatable bonds is 2. The Morgan fingerprint density at radius 2 is 2.06 bits per heavy atom. The molecule has 0 aromatic carbocycles. The van der Waals surface area contributed by atoms with Gasteiger partial charge >= 0.3 is 0 Å². The molecule has 1 aliphatic rings. The Morgan fingerprint density at radius 3 is 2.76 bits per heavy atom. The molecule has 0 atom stereocenters. The lowest BCUT2D eigenvalue weighted by Gasteiger charge is -2.08. The van der Waals surface area contributed by atoms with Gasteiger partial charge in [-0.25, -0.2) is 9.97 Å². The molecule has 5 nitrogen and oxygen atoms in total. The van der Waals surface area contributed by atoms with Crippen LogP contribution in [0.4, 0.5) is 0 Å². The van der Waals surface area contributed by atoms with Gasteiger partial charge in [0.05, 0.1) is 5.69 Å². The summed E-state index contributed by atoms with van der Waals surface area (Å²) in [7, 11) is 0. The highest BCUT2D eigenvalue weighted by Gasteiger charge is 2.19. The van der Waals surface area contributed by atoms with Crippen LogP contribution in [0.1, 0.15) is 37.3 Å². The molecule has 17 heavy (non-hydrogen) atoms. The lowest BCUT2D eigenvalue weighted by Crippen LogP contribution is -2.12. The first-order valence-corrected chi connectivity index (χ1v) is 5.94. The van der Waals surface area contributed by atoms with Gasteiger partial charge in [0.1, 0.15) is 0 Å². The Kier molecular flexibility index (Phi) is 2.51. The van der Waals surface area contributed by atoms with E-state index in [1.807, 2.05) is 0 Å². The highest BCUT2D eigenvalue weighted by molar-refractivity contribution is 5.42. The lowest BCUT2D eigenvalue weighted by molar-refractivity contribution is 0.692. The van der Waals surface area contributed by atoms with Crippen molar-refractivity contribution < 1.29 is 0 Å². The first-order chi connectivity index (χ1) is 8.33. The monoisotopic (exact) mass is 230 g/mol. The number of hydrogen-bond donors (Lipinski definition) is 2. The number of nitrogens with one attached hydrogen (secondary N) is 2. The van der Waals surface area contributed by atoms with Crippen molar-refractivity contribution in [2.45, 2.75) is 31.6 Å². The van der Waals surface area contributed by atoms with E-state index in [9.17, 15) is 4.79 Å². The molecule has 0 aliphatic heterocycles. The second-order valence-corrected chi connectivity index (χ2v) is 4.44. The van der Waals surface area contributed by atoms with E-state index >= 15 is 0 Å². The summed E-state index contributed by atoms with van der Waals surface area (Å²) in [6, 6.07) is 1.61. The van der Waals surface area contributed by atoms with E-state index in [1.54, 1.807) is 18.5 Å². The van der Waals surface area contributed by atoms with Crippen LogP contribution in [0.2, 0.25) is 0 Å². The van der Waals surface area contributed by atoms with Gasteiger partial charge in [0.2, 0.25) is 0 Å². The van der Waals surface area contributed by atoms with Crippen molar-refractivity contribution in [1.82, 2.24) is 19.9 Å². The van der Waals surface area contributed by atoms with Crippen molar-refractivity contribution >= 4 is 0 Å². The molecule has 0 bridgehead atoms. The second-order valence-electron chi connectivity index (χ2n) is 4.44. The largest absolute Gasteiger partial charge is 0.342 e. The molecule has 2 N–H and O–H groups in total. The quantitative estimate of drug-likeness (QED) is 0.826. The summed E-state index contributed by atoms with van der Waals surface area (Å²) in [4.78, 5) is 25.9. The Labute approximate surface area is 98.3 Å². The molecule has 2 aromatic rings. The Balaban J connectivity index is 2.03. The number of nitrogens with zero attached hydrogens (tertiary/aromatic N) is 2. The van der Waals surface area contributed by atoms with Crippen LogP contribution in [-0.4, -0.2) is 19.9 Å². The molecule has 1 saturated carbocycles. The van der Waals surface area contributed by atoms with Crippen LogP contribution in [0.3, 0.4) is 0 Å². The summed E-state index contributed by atoms with van der Waals surface area (Å²) in [5.41, 5.74) is 0.797. The van der Waals surface area contributed by atoms with Crippen molar-refractivity contribution in [3.8, 4) is 11.6 Å². The minimum atomic E-state index is -0.103. The van der Waals surface area contributed by atoms with E-state index in [1.165, 1.54) is 12.8 Å². The van der Waals surface area contributed by atoms with E-state index in [2.05, 4.69) is 19.9 Å². The number of aromatic amines is 2. The summed E-state index contributed by atoms with van der Waals surface area (Å²) in [6.45, 7) is 0. The normalized spacial score (nSPS) is 16.5. The van der Waals surface area contributed by atoms with E-state index < -0.39 is 0 Å². The maximum absolute atomic E-state index is 11.6. The van der Waals surface area contributed by atoms with Gasteiger partial charge in [-0.3, -0.25) is 4.79 Å². The molecule has 0 radical (unpaired) electrons. The van der Waals surface area contributed by atoms with Gasteiger partial charge in [-0.15, -0.1) is 0 Å². The predicted molar refractivity (Wildman–Crippen MR) is 63.6 cm³/mol. The van der Waals surface area contributed by atoms with Gasteiger partial charge in [0.25, 0.3) is 5.56 Å². The molecular formula is C12H14N4O. The fourth-order valence-corrected chi connectivity index (χ4v) is 2.41. The van der Waals surface area contributed by atoms with E-state index in [0.717, 1.165) is 18.5 Å². The van der Waals surface area contributed by atoms with Crippen LogP contribution in [0.5, 0.6) is 0 Å². The molecule has 2 heterocycles. The van der Waals surface area contributed by atoms with E-state index in [0.29, 0.717) is 17.6 Å². The number of aromatic nitrogens is 4. The highest BCUT2D eigenvalue weighted by Crippen LogP contribution is 2.32. The van der Waals surface area contributed by atoms with E-state index in [4.69, 9.17) is 0 Å². The maximum atomic E-state index is 11.6. The van der Waals surface area contributed by atoms with Crippen LogP contribution in [0, 0.1) is 0 Å². The third kappa shape index (κ3) is 2.00. The predicted octanol–water partition coefficient (Wildman–Crippen LogP) is 1.82. The average Bonchev–Trinajstić information content (AvgIpc) is 3.02. The van der Waals surface area contributed by atoms with Crippen molar-refractivity contribution in [2.24, 2.45) is 0 Å². The van der Waals surface area contributed by atoms with Crippen LogP contribution in [-0.2, 0) is 0 Å². The summed E-state index contributed by atoms with van der Waals surface area (Å²) in [6.07, 6.45) is 8.10. The molecule has 1 aliphatic carbocycles. The average molecular weight is 230 g/mol. The topological polar surface area (TPSA) is 74.4 Å². The number of imidazole rings is 1. The second kappa shape index (κ2) is 4.16. The lowest BCUT2D eigenvalue weighted by atomic mass is 10.0. The SMILES string of the molecule is O=c1cc(C2CCCC2)nc(-c2ncc[nH]2)[nH]1. The Bertz CT molecular complexity index is 552. The van der Waals surface area contributed by atoms with Gasteiger partial charge in [-0.1, -0.05) is 12.8 Å². The molecule has 0 spiro atoms. The summed E-state index contributed by atoms with van der Waals surface area (Å²) >= 11 is 0. The van der Waals surface area contributed by atoms with Crippen molar-refractivity contribution in [3.05, 3.63) is 34.5 Å². The third-order valence-corrected chi connectivity index (χ3v) is 3.26. The minimum absolute atomic E-state index is 0.103. The molecule has 2 aromatic heterocycles. The van der Waals surface area contributed by atoms with Gasteiger partial charge in [0, 0.05) is 24.4 Å². The first-order valence-electron chi connectivity index (χ1n) is 5.94. The van der Waals surface area contributed by atoms with Crippen molar-refractivity contribution in [1.29, 1.82) is 0 Å². The van der Waals surface area contributed by atoms with Gasteiger partial charge in [-0.05, 0) is 12.8 Å². The van der Waals surface area contributed by atoms with Crippen LogP contribution >= 0.6 is 0 Å². The zero-order valence-electron chi connectivity index (χ0n) is 9.44. The molecule has 0 unspecified atom stereocenters. The molecule has 88 valence electrons. The maximum Gasteiger partial charge on any atom is 0.251 e. The van der Waals surface area contributed by atoms with Crippen LogP contribution < -0.4 is 5.56 Å². The summed E-state index contributed by atoms with van der Waals surface area (Å²) in [5, 5.41) is 0. The summed E-state index contributed by atoms with van der Waals surface area (Å²) in [5.74, 6) is 1.58. The zero-order chi connectivity index (χ0) is 11.7. The molecule has 0 saturated heterocycles. The fourth-order valence-electron chi connectivity index (χ4n) is 2.41. The Hall–Kier alpha value is -1.91. The fraction of sp³-hybridized carbons (Fsp3) is 0.417. The molecular weight excluding hydrogens is 216 g/mol. The van der Waals surface area contributed by atoms with Crippen LogP contribution in [0.25, 0.3) is 11.6 Å². The molecule has 0 amide bonds. The van der Waals surface area contributed by atoms with Gasteiger partial charge < -0.3 is 9.97 Å². The smallest absolute Gasteiger partial charge is 0.251 e. The molecule has 5 heteroatoms. The highest BCUT2D eigenvalue weighted by atomic mass is 16.1. The first kappa shape index (κ1) is 10.3. The molecule has 1 fully saturated rings. The Morgan fingerprint density at radius 1 is 1.24 bits per heavy atom. The number of hydrogen-bond acceptors (Lipinski definition) is 3. The number of H-pyrrole nitrogens is 2. The molecule has 3 rings (SSSR count). The minimum Gasteiger partial charge on any atom is -0.342 e. The van der Waals surface area contributed by atoms with Crippen molar-refractivity contribution in [3.63, 3.8) is 0 Å². The van der Waals surface area contributed by atoms with E-state index in [-0.39, 0.29) is 5.56 Å². The third-order valence-electron chi connectivity index (χ3n) is 3.26. The van der Waals surface area contributed by atoms with Crippen molar-refractivity contribution in [2.75, 3.05) is 0 Å². The van der Waals surface area contributed by atoms with Gasteiger partial charge in [-0.2, -0.15) is 0 Å².